The summed E-state index contributed by atoms with van der Waals surface area (Å²) in [6.07, 6.45) is 2.90. The molecule has 0 radical (unpaired) electrons. The van der Waals surface area contributed by atoms with Crippen LogP contribution in [0.2, 0.25) is 0 Å². The molecule has 1 saturated heterocycles. The molecule has 14 heteroatoms. The summed E-state index contributed by atoms with van der Waals surface area (Å²) >= 11 is 0. The molecule has 0 unspecified atom stereocenters. The Hall–Kier alpha value is -3.90. The highest BCUT2D eigenvalue weighted by Gasteiger charge is 2.27. The van der Waals surface area contributed by atoms with Crippen LogP contribution in [0.4, 0.5) is 21.0 Å². The zero-order valence-electron chi connectivity index (χ0n) is 23.1. The number of ether oxygens (including phenoxy) is 3. The topological polar surface area (TPSA) is 151 Å². The van der Waals surface area contributed by atoms with Crippen molar-refractivity contribution in [3.8, 4) is 17.0 Å². The lowest BCUT2D eigenvalue weighted by Crippen LogP contribution is -2.28. The molecule has 1 aliphatic rings. The van der Waals surface area contributed by atoms with Crippen molar-refractivity contribution in [1.82, 2.24) is 14.6 Å². The third-order valence-electron chi connectivity index (χ3n) is 5.96. The number of benzene rings is 2. The third kappa shape index (κ3) is 8.08. The average molecular weight is 588 g/mol. The smallest absolute Gasteiger partial charge is 0.440 e. The van der Waals surface area contributed by atoms with Gasteiger partial charge in [-0.3, -0.25) is 9.05 Å². The molecular formula is C27H34N5O8P. The summed E-state index contributed by atoms with van der Waals surface area (Å²) in [5, 5.41) is 8.26. The van der Waals surface area contributed by atoms with Gasteiger partial charge in [0.05, 0.1) is 39.2 Å². The number of carbonyl (C=O) groups is 2. The molecule has 3 aromatic rings. The number of nitrogens with one attached hydrogen (secondary N) is 3. The van der Waals surface area contributed by atoms with Gasteiger partial charge < -0.3 is 30.2 Å². The van der Waals surface area contributed by atoms with Crippen LogP contribution in [-0.2, 0) is 29.6 Å². The highest BCUT2D eigenvalue weighted by molar-refractivity contribution is 7.52. The quantitative estimate of drug-likeness (QED) is 0.241. The summed E-state index contributed by atoms with van der Waals surface area (Å²) in [6.45, 7) is 5.12. The standard InChI is InChI=1S/C27H34N5O8P/c1-4-38-41(35,39-5-2)32-16-24(29-18-32)23-10-9-21(14-25(23)36-3)31-26(33)30-20-8-6-7-19(13-20)15-28-27(34)40-22-11-12-37-17-22/h6-10,13-14,16,18,22H,4-5,11-12,15,17H2,1-3H3,(H,28,34)(H2,30,31,33)/t22-/m0/s1. The van der Waals surface area contributed by atoms with Crippen LogP contribution in [0.5, 0.6) is 5.75 Å². The molecule has 1 aromatic heterocycles. The second kappa shape index (κ2) is 14.1. The van der Waals surface area contributed by atoms with Gasteiger partial charge in [-0.2, -0.15) is 0 Å². The fraction of sp³-hybridized carbons (Fsp3) is 0.370. The predicted molar refractivity (Wildman–Crippen MR) is 152 cm³/mol. The lowest BCUT2D eigenvalue weighted by atomic mass is 10.1. The van der Waals surface area contributed by atoms with E-state index in [1.54, 1.807) is 56.4 Å². The maximum atomic E-state index is 13.1. The van der Waals surface area contributed by atoms with E-state index in [0.717, 1.165) is 5.56 Å². The molecule has 0 aliphatic carbocycles. The van der Waals surface area contributed by atoms with Gasteiger partial charge in [0.15, 0.2) is 0 Å². The molecular weight excluding hydrogens is 553 g/mol. The first-order valence-electron chi connectivity index (χ1n) is 13.1. The van der Waals surface area contributed by atoms with E-state index in [2.05, 4.69) is 20.9 Å². The fourth-order valence-corrected chi connectivity index (χ4v) is 5.51. The molecule has 3 N–H and O–H groups in total. The number of aromatic nitrogens is 2. The zero-order chi connectivity index (χ0) is 29.2. The SMILES string of the molecule is CCOP(=O)(OCC)n1cnc(-c2ccc(NC(=O)Nc3cccc(CNC(=O)O[C@H]4CCOC4)c3)cc2OC)c1. The lowest BCUT2D eigenvalue weighted by Gasteiger charge is -2.16. The fourth-order valence-electron chi connectivity index (χ4n) is 4.09. The number of amides is 3. The van der Waals surface area contributed by atoms with E-state index in [1.165, 1.54) is 17.8 Å². The van der Waals surface area contributed by atoms with Crippen molar-refractivity contribution in [3.05, 3.63) is 60.6 Å². The maximum absolute atomic E-state index is 13.1. The number of methoxy groups -OCH3 is 1. The Morgan fingerprint density at radius 2 is 1.85 bits per heavy atom. The Morgan fingerprint density at radius 3 is 2.54 bits per heavy atom. The van der Waals surface area contributed by atoms with Crippen LogP contribution < -0.4 is 20.7 Å². The third-order valence-corrected chi connectivity index (χ3v) is 7.91. The molecule has 1 fully saturated rings. The second-order valence-electron chi connectivity index (χ2n) is 8.88. The summed E-state index contributed by atoms with van der Waals surface area (Å²) in [4.78, 5) is 29.0. The van der Waals surface area contributed by atoms with Gasteiger partial charge in [0.1, 0.15) is 18.2 Å². The molecule has 1 aliphatic heterocycles. The molecule has 0 bridgehead atoms. The molecule has 13 nitrogen and oxygen atoms in total. The van der Waals surface area contributed by atoms with Gasteiger partial charge in [-0.15, -0.1) is 0 Å². The molecule has 220 valence electrons. The molecule has 2 aromatic carbocycles. The summed E-state index contributed by atoms with van der Waals surface area (Å²) in [5.41, 5.74) is 2.92. The van der Waals surface area contributed by atoms with Crippen molar-refractivity contribution in [1.29, 1.82) is 0 Å². The summed E-state index contributed by atoms with van der Waals surface area (Å²) < 4.78 is 41.1. The Morgan fingerprint density at radius 1 is 1.10 bits per heavy atom. The van der Waals surface area contributed by atoms with Crippen molar-refractivity contribution >= 4 is 31.2 Å². The van der Waals surface area contributed by atoms with E-state index in [1.807, 2.05) is 6.07 Å². The van der Waals surface area contributed by atoms with Gasteiger partial charge in [0.2, 0.25) is 0 Å². The van der Waals surface area contributed by atoms with Gasteiger partial charge in [0.25, 0.3) is 0 Å². The monoisotopic (exact) mass is 587 g/mol. The highest BCUT2D eigenvalue weighted by Crippen LogP contribution is 2.50. The summed E-state index contributed by atoms with van der Waals surface area (Å²) in [6, 6.07) is 11.7. The zero-order valence-corrected chi connectivity index (χ0v) is 24.0. The number of hydrogen-bond donors (Lipinski definition) is 3. The van der Waals surface area contributed by atoms with Crippen LogP contribution in [0.3, 0.4) is 0 Å². The van der Waals surface area contributed by atoms with Crippen LogP contribution in [0.1, 0.15) is 25.8 Å². The van der Waals surface area contributed by atoms with Gasteiger partial charge >= 0.3 is 19.9 Å². The average Bonchev–Trinajstić information content (AvgIpc) is 3.65. The Bertz CT molecular complexity index is 1380. The molecule has 0 spiro atoms. The first-order chi connectivity index (χ1) is 19.8. The van der Waals surface area contributed by atoms with Crippen molar-refractivity contribution in [2.24, 2.45) is 0 Å². The molecule has 4 rings (SSSR count). The van der Waals surface area contributed by atoms with E-state index in [9.17, 15) is 14.2 Å². The van der Waals surface area contributed by atoms with Crippen molar-refractivity contribution in [2.75, 3.05) is 44.2 Å². The highest BCUT2D eigenvalue weighted by atomic mass is 31.2. The lowest BCUT2D eigenvalue weighted by molar-refractivity contribution is 0.0828. The Balaban J connectivity index is 1.37. The van der Waals surface area contributed by atoms with Crippen molar-refractivity contribution in [2.45, 2.75) is 32.9 Å². The summed E-state index contributed by atoms with van der Waals surface area (Å²) in [7, 11) is -2.06. The van der Waals surface area contributed by atoms with Crippen LogP contribution in [-0.4, -0.2) is 61.1 Å². The molecule has 0 saturated carbocycles. The first-order valence-corrected chi connectivity index (χ1v) is 14.6. The van der Waals surface area contributed by atoms with Crippen molar-refractivity contribution in [3.63, 3.8) is 0 Å². The predicted octanol–water partition coefficient (Wildman–Crippen LogP) is 5.25. The van der Waals surface area contributed by atoms with E-state index >= 15 is 0 Å². The van der Waals surface area contributed by atoms with Gasteiger partial charge in [0, 0.05) is 42.2 Å². The van der Waals surface area contributed by atoms with Crippen LogP contribution in [0.15, 0.2) is 55.0 Å². The minimum Gasteiger partial charge on any atom is -0.496 e. The minimum absolute atomic E-state index is 0.211. The van der Waals surface area contributed by atoms with Crippen LogP contribution in [0.25, 0.3) is 11.3 Å². The number of rotatable bonds is 12. The van der Waals surface area contributed by atoms with E-state index < -0.39 is 19.9 Å². The number of carbonyl (C=O) groups excluding carboxylic acids is 2. The number of nitrogens with zero attached hydrogens (tertiary/aromatic N) is 2. The van der Waals surface area contributed by atoms with E-state index in [4.69, 9.17) is 23.3 Å². The number of hydrogen-bond acceptors (Lipinski definition) is 9. The maximum Gasteiger partial charge on any atom is 0.440 e. The second-order valence-corrected chi connectivity index (χ2v) is 10.8. The Labute approximate surface area is 238 Å². The van der Waals surface area contributed by atoms with Crippen LogP contribution >= 0.6 is 7.75 Å². The van der Waals surface area contributed by atoms with Crippen LogP contribution in [0, 0.1) is 0 Å². The van der Waals surface area contributed by atoms with Crippen molar-refractivity contribution < 1.29 is 37.4 Å². The number of imidazole rings is 1. The van der Waals surface area contributed by atoms with Gasteiger partial charge in [-0.1, -0.05) is 12.1 Å². The minimum atomic E-state index is -3.56. The molecule has 3 amide bonds. The molecule has 2 heterocycles. The normalized spacial score (nSPS) is 14.9. The summed E-state index contributed by atoms with van der Waals surface area (Å²) in [5.74, 6) is 0.444. The van der Waals surface area contributed by atoms with Gasteiger partial charge in [-0.25, -0.2) is 23.5 Å². The number of alkyl carbamates (subject to hydrolysis) is 1. The first kappa shape index (κ1) is 30.1. The Kier molecular flexibility index (Phi) is 10.4. The van der Waals surface area contributed by atoms with E-state index in [0.29, 0.717) is 48.0 Å². The molecule has 1 atom stereocenters. The van der Waals surface area contributed by atoms with E-state index in [-0.39, 0.29) is 25.9 Å². The van der Waals surface area contributed by atoms with Gasteiger partial charge in [-0.05, 0) is 43.7 Å². The largest absolute Gasteiger partial charge is 0.496 e. The number of anilines is 2. The molecule has 41 heavy (non-hydrogen) atoms. The number of urea groups is 1.